The lowest BCUT2D eigenvalue weighted by atomic mass is 10.2. The molecule has 0 amide bonds. The summed E-state index contributed by atoms with van der Waals surface area (Å²) in [5.41, 5.74) is 8.79. The number of hydrogen-bond acceptors (Lipinski definition) is 3. The SMILES string of the molecule is [N-]=[N+]=NCC(Nc1ccc(Br)cc1)C(=O)O. The maximum absolute atomic E-state index is 10.8. The lowest BCUT2D eigenvalue weighted by Crippen LogP contribution is -2.31. The molecule has 0 saturated carbocycles. The van der Waals surface area contributed by atoms with Crippen LogP contribution in [-0.2, 0) is 4.79 Å². The second-order valence-corrected chi connectivity index (χ2v) is 3.87. The van der Waals surface area contributed by atoms with Crippen molar-refractivity contribution < 1.29 is 9.90 Å². The van der Waals surface area contributed by atoms with Crippen molar-refractivity contribution in [2.24, 2.45) is 5.11 Å². The molecule has 1 atom stereocenters. The summed E-state index contributed by atoms with van der Waals surface area (Å²) < 4.78 is 0.903. The molecule has 0 aliphatic heterocycles. The van der Waals surface area contributed by atoms with Crippen molar-refractivity contribution in [1.29, 1.82) is 0 Å². The van der Waals surface area contributed by atoms with Gasteiger partial charge in [0, 0.05) is 15.1 Å². The number of nitrogens with zero attached hydrogens (tertiary/aromatic N) is 3. The topological polar surface area (TPSA) is 98.1 Å². The van der Waals surface area contributed by atoms with E-state index in [4.69, 9.17) is 10.6 Å². The summed E-state index contributed by atoms with van der Waals surface area (Å²) in [6.07, 6.45) is 0. The quantitative estimate of drug-likeness (QED) is 0.494. The molecule has 0 fully saturated rings. The summed E-state index contributed by atoms with van der Waals surface area (Å²) in [6.45, 7) is -0.137. The van der Waals surface area contributed by atoms with Crippen LogP contribution >= 0.6 is 15.9 Å². The van der Waals surface area contributed by atoms with Crippen molar-refractivity contribution in [3.05, 3.63) is 39.2 Å². The van der Waals surface area contributed by atoms with Gasteiger partial charge in [0.25, 0.3) is 0 Å². The molecule has 0 saturated heterocycles. The molecule has 2 N–H and O–H groups in total. The minimum Gasteiger partial charge on any atom is -0.480 e. The first-order valence-electron chi connectivity index (χ1n) is 4.39. The van der Waals surface area contributed by atoms with Gasteiger partial charge in [-0.2, -0.15) is 0 Å². The van der Waals surface area contributed by atoms with Crippen LogP contribution in [0.5, 0.6) is 0 Å². The minimum absolute atomic E-state index is 0.137. The van der Waals surface area contributed by atoms with Crippen molar-refractivity contribution in [3.63, 3.8) is 0 Å². The van der Waals surface area contributed by atoms with Gasteiger partial charge in [-0.15, -0.1) is 0 Å². The van der Waals surface area contributed by atoms with Crippen molar-refractivity contribution in [2.45, 2.75) is 6.04 Å². The van der Waals surface area contributed by atoms with E-state index in [-0.39, 0.29) is 6.54 Å². The van der Waals surface area contributed by atoms with E-state index >= 15 is 0 Å². The summed E-state index contributed by atoms with van der Waals surface area (Å²) in [5, 5.41) is 14.9. The van der Waals surface area contributed by atoms with Crippen LogP contribution in [0.2, 0.25) is 0 Å². The summed E-state index contributed by atoms with van der Waals surface area (Å²) in [4.78, 5) is 13.3. The van der Waals surface area contributed by atoms with Crippen LogP contribution in [0.1, 0.15) is 0 Å². The predicted molar refractivity (Wildman–Crippen MR) is 63.2 cm³/mol. The zero-order valence-corrected chi connectivity index (χ0v) is 9.75. The van der Waals surface area contributed by atoms with E-state index in [0.29, 0.717) is 5.69 Å². The average Bonchev–Trinajstić information content (AvgIpc) is 2.26. The Hall–Kier alpha value is -1.72. The average molecular weight is 285 g/mol. The Balaban J connectivity index is 2.71. The molecule has 0 aliphatic rings. The number of carboxylic acids is 1. The molecule has 84 valence electrons. The van der Waals surface area contributed by atoms with Gasteiger partial charge in [0.2, 0.25) is 0 Å². The van der Waals surface area contributed by atoms with Gasteiger partial charge in [-0.25, -0.2) is 4.79 Å². The molecule has 0 radical (unpaired) electrons. The molecule has 1 rings (SSSR count). The molecule has 0 spiro atoms. The van der Waals surface area contributed by atoms with E-state index in [1.54, 1.807) is 24.3 Å². The summed E-state index contributed by atoms with van der Waals surface area (Å²) in [7, 11) is 0. The third-order valence-electron chi connectivity index (χ3n) is 1.81. The Morgan fingerprint density at radius 2 is 2.19 bits per heavy atom. The Kier molecular flexibility index (Phi) is 4.63. The van der Waals surface area contributed by atoms with Crippen LogP contribution in [0.4, 0.5) is 5.69 Å². The maximum atomic E-state index is 10.8. The van der Waals surface area contributed by atoms with Crippen molar-refractivity contribution in [2.75, 3.05) is 11.9 Å². The lowest BCUT2D eigenvalue weighted by Gasteiger charge is -2.13. The highest BCUT2D eigenvalue weighted by atomic mass is 79.9. The molecule has 1 aromatic carbocycles. The Morgan fingerprint density at radius 3 is 2.69 bits per heavy atom. The second kappa shape index (κ2) is 5.99. The van der Waals surface area contributed by atoms with Crippen LogP contribution in [0.3, 0.4) is 0 Å². The number of halogens is 1. The predicted octanol–water partition coefficient (Wildman–Crippen LogP) is 2.62. The van der Waals surface area contributed by atoms with Gasteiger partial charge in [-0.3, -0.25) is 0 Å². The Labute approximate surface area is 100 Å². The third kappa shape index (κ3) is 3.80. The molecule has 1 aromatic rings. The zero-order chi connectivity index (χ0) is 12.0. The van der Waals surface area contributed by atoms with E-state index in [1.807, 2.05) is 0 Å². The van der Waals surface area contributed by atoms with Gasteiger partial charge >= 0.3 is 5.97 Å². The van der Waals surface area contributed by atoms with Gasteiger partial charge in [0.1, 0.15) is 6.04 Å². The molecule has 1 unspecified atom stereocenters. The van der Waals surface area contributed by atoms with E-state index in [1.165, 1.54) is 0 Å². The van der Waals surface area contributed by atoms with Gasteiger partial charge in [0.15, 0.2) is 0 Å². The molecule has 7 heteroatoms. The number of benzene rings is 1. The highest BCUT2D eigenvalue weighted by Crippen LogP contribution is 2.15. The van der Waals surface area contributed by atoms with Crippen molar-refractivity contribution >= 4 is 27.6 Å². The molecule has 0 bridgehead atoms. The standard InChI is InChI=1S/C9H9BrN4O2/c10-6-1-3-7(4-2-6)13-8(9(15)16)5-12-14-11/h1-4,8,13H,5H2,(H,15,16). The molecule has 16 heavy (non-hydrogen) atoms. The Bertz CT molecular complexity index is 414. The lowest BCUT2D eigenvalue weighted by molar-refractivity contribution is -0.137. The number of rotatable bonds is 5. The van der Waals surface area contributed by atoms with Crippen molar-refractivity contribution in [3.8, 4) is 0 Å². The highest BCUT2D eigenvalue weighted by Gasteiger charge is 2.15. The molecule has 0 aliphatic carbocycles. The monoisotopic (exact) mass is 284 g/mol. The first-order valence-corrected chi connectivity index (χ1v) is 5.18. The molecule has 0 heterocycles. The van der Waals surface area contributed by atoms with Crippen LogP contribution in [0.25, 0.3) is 10.4 Å². The normalized spacial score (nSPS) is 11.3. The smallest absolute Gasteiger partial charge is 0.326 e. The summed E-state index contributed by atoms with van der Waals surface area (Å²) >= 11 is 3.27. The van der Waals surface area contributed by atoms with Crippen molar-refractivity contribution in [1.82, 2.24) is 0 Å². The highest BCUT2D eigenvalue weighted by molar-refractivity contribution is 9.10. The van der Waals surface area contributed by atoms with Crippen LogP contribution in [-0.4, -0.2) is 23.7 Å². The third-order valence-corrected chi connectivity index (χ3v) is 2.34. The summed E-state index contributed by atoms with van der Waals surface area (Å²) in [5.74, 6) is -1.06. The fourth-order valence-corrected chi connectivity index (χ4v) is 1.32. The van der Waals surface area contributed by atoms with Gasteiger partial charge in [-0.05, 0) is 29.8 Å². The number of aliphatic carboxylic acids is 1. The fraction of sp³-hybridized carbons (Fsp3) is 0.222. The van der Waals surface area contributed by atoms with Gasteiger partial charge in [-0.1, -0.05) is 21.0 Å². The molecule has 0 aromatic heterocycles. The van der Waals surface area contributed by atoms with E-state index < -0.39 is 12.0 Å². The molecular weight excluding hydrogens is 276 g/mol. The van der Waals surface area contributed by atoms with Crippen LogP contribution in [0.15, 0.2) is 33.9 Å². The molecule has 6 nitrogen and oxygen atoms in total. The first kappa shape index (κ1) is 12.4. The van der Waals surface area contributed by atoms with Crippen LogP contribution < -0.4 is 5.32 Å². The first-order chi connectivity index (χ1) is 7.63. The number of carboxylic acid groups (broad SMARTS) is 1. The molecular formula is C9H9BrN4O2. The number of nitrogens with one attached hydrogen (secondary N) is 1. The van der Waals surface area contributed by atoms with Gasteiger partial charge in [0.05, 0.1) is 6.54 Å². The maximum Gasteiger partial charge on any atom is 0.326 e. The number of carbonyl (C=O) groups is 1. The Morgan fingerprint density at radius 1 is 1.56 bits per heavy atom. The number of azide groups is 1. The van der Waals surface area contributed by atoms with E-state index in [2.05, 4.69) is 31.3 Å². The largest absolute Gasteiger partial charge is 0.480 e. The number of hydrogen-bond donors (Lipinski definition) is 2. The van der Waals surface area contributed by atoms with Crippen LogP contribution in [0, 0.1) is 0 Å². The van der Waals surface area contributed by atoms with Gasteiger partial charge < -0.3 is 10.4 Å². The van der Waals surface area contributed by atoms with E-state index in [0.717, 1.165) is 4.47 Å². The fourth-order valence-electron chi connectivity index (χ4n) is 1.05. The number of anilines is 1. The summed E-state index contributed by atoms with van der Waals surface area (Å²) in [6, 6.07) is 6.12. The zero-order valence-electron chi connectivity index (χ0n) is 8.17. The minimum atomic E-state index is -1.06. The van der Waals surface area contributed by atoms with E-state index in [9.17, 15) is 4.79 Å². The second-order valence-electron chi connectivity index (χ2n) is 2.96.